The van der Waals surface area contributed by atoms with E-state index >= 15 is 0 Å². The lowest BCUT2D eigenvalue weighted by Crippen LogP contribution is -2.46. The van der Waals surface area contributed by atoms with Gasteiger partial charge >= 0.3 is 0 Å². The van der Waals surface area contributed by atoms with Crippen molar-refractivity contribution in [3.05, 3.63) is 60.7 Å². The number of aromatic nitrogens is 1. The van der Waals surface area contributed by atoms with Crippen LogP contribution in [0.4, 0.5) is 5.13 Å². The van der Waals surface area contributed by atoms with Crippen LogP contribution in [0.5, 0.6) is 0 Å². The fraction of sp³-hybridized carbons (Fsp3) is 0.227. The molecule has 0 saturated carbocycles. The molecule has 0 spiro atoms. The van der Waals surface area contributed by atoms with Crippen LogP contribution < -0.4 is 10.6 Å². The Morgan fingerprint density at radius 1 is 0.929 bits per heavy atom. The smallest absolute Gasteiger partial charge is 0.248 e. The van der Waals surface area contributed by atoms with Crippen molar-refractivity contribution < 1.29 is 9.59 Å². The van der Waals surface area contributed by atoms with Crippen molar-refractivity contribution in [3.63, 3.8) is 0 Å². The van der Waals surface area contributed by atoms with E-state index in [2.05, 4.69) is 10.6 Å². The molecule has 28 heavy (non-hydrogen) atoms. The third-order valence-electron chi connectivity index (χ3n) is 4.25. The van der Waals surface area contributed by atoms with Crippen LogP contribution in [0.15, 0.2) is 60.7 Å². The van der Waals surface area contributed by atoms with Crippen molar-refractivity contribution in [3.8, 4) is 21.7 Å². The summed E-state index contributed by atoms with van der Waals surface area (Å²) in [7, 11) is 0. The summed E-state index contributed by atoms with van der Waals surface area (Å²) < 4.78 is 0. The second kappa shape index (κ2) is 8.80. The zero-order valence-electron chi connectivity index (χ0n) is 16.1. The second-order valence-corrected chi connectivity index (χ2v) is 7.84. The molecule has 144 valence electrons. The number of rotatable bonds is 6. The zero-order valence-corrected chi connectivity index (χ0v) is 16.9. The summed E-state index contributed by atoms with van der Waals surface area (Å²) >= 11 is 1.43. The molecule has 1 atom stereocenters. The van der Waals surface area contributed by atoms with E-state index in [4.69, 9.17) is 4.98 Å². The van der Waals surface area contributed by atoms with Gasteiger partial charge in [0.15, 0.2) is 5.13 Å². The SMILES string of the molecule is CC(=O)N[C@@H](C(=O)Nc1nc(-c2ccccc2)c(-c2ccccc2)s1)C(C)C. The third-order valence-corrected chi connectivity index (χ3v) is 5.27. The normalized spacial score (nSPS) is 11.9. The average molecular weight is 394 g/mol. The van der Waals surface area contributed by atoms with Crippen LogP contribution in [0.25, 0.3) is 21.7 Å². The van der Waals surface area contributed by atoms with Gasteiger partial charge in [-0.25, -0.2) is 4.98 Å². The fourth-order valence-corrected chi connectivity index (χ4v) is 3.88. The number of amides is 2. The van der Waals surface area contributed by atoms with Gasteiger partial charge in [0, 0.05) is 12.5 Å². The van der Waals surface area contributed by atoms with Crippen LogP contribution >= 0.6 is 11.3 Å². The largest absolute Gasteiger partial charge is 0.344 e. The quantitative estimate of drug-likeness (QED) is 0.644. The van der Waals surface area contributed by atoms with E-state index in [1.807, 2.05) is 74.5 Å². The molecule has 3 aromatic rings. The van der Waals surface area contributed by atoms with Crippen LogP contribution in [0.1, 0.15) is 20.8 Å². The number of benzene rings is 2. The van der Waals surface area contributed by atoms with Crippen LogP contribution in [0, 0.1) is 5.92 Å². The van der Waals surface area contributed by atoms with Gasteiger partial charge in [0.05, 0.1) is 10.6 Å². The first-order chi connectivity index (χ1) is 13.5. The third kappa shape index (κ3) is 4.64. The van der Waals surface area contributed by atoms with Gasteiger partial charge in [-0.05, 0) is 11.5 Å². The number of carbonyl (C=O) groups excluding carboxylic acids is 2. The maximum Gasteiger partial charge on any atom is 0.248 e. The fourth-order valence-electron chi connectivity index (χ4n) is 2.89. The van der Waals surface area contributed by atoms with E-state index in [-0.39, 0.29) is 17.7 Å². The van der Waals surface area contributed by atoms with Crippen LogP contribution in [0.2, 0.25) is 0 Å². The molecule has 2 N–H and O–H groups in total. The van der Waals surface area contributed by atoms with Crippen molar-refractivity contribution in [1.29, 1.82) is 0 Å². The molecular formula is C22H23N3O2S. The molecule has 0 unspecified atom stereocenters. The van der Waals surface area contributed by atoms with Gasteiger partial charge in [-0.15, -0.1) is 0 Å². The first kappa shape index (κ1) is 19.8. The standard InChI is InChI=1S/C22H23N3O2S/c1-14(2)18(23-15(3)26)21(27)25-22-24-19(16-10-6-4-7-11-16)20(28-22)17-12-8-5-9-13-17/h4-14,18H,1-3H3,(H,23,26)(H,24,25,27)/t18-/m1/s1. The van der Waals surface area contributed by atoms with E-state index in [9.17, 15) is 9.59 Å². The Hall–Kier alpha value is -2.99. The predicted octanol–water partition coefficient (Wildman–Crippen LogP) is 4.58. The Bertz CT molecular complexity index is 895. The lowest BCUT2D eigenvalue weighted by Gasteiger charge is -2.20. The molecule has 0 fully saturated rings. The molecule has 5 nitrogen and oxygen atoms in total. The maximum absolute atomic E-state index is 12.7. The molecule has 6 heteroatoms. The zero-order chi connectivity index (χ0) is 20.1. The van der Waals surface area contributed by atoms with Gasteiger partial charge in [-0.3, -0.25) is 9.59 Å². The van der Waals surface area contributed by atoms with Crippen molar-refractivity contribution in [2.24, 2.45) is 5.92 Å². The summed E-state index contributed by atoms with van der Waals surface area (Å²) in [5.74, 6) is -0.535. The lowest BCUT2D eigenvalue weighted by molar-refractivity contribution is -0.126. The molecule has 0 saturated heterocycles. The van der Waals surface area contributed by atoms with E-state index in [1.165, 1.54) is 18.3 Å². The van der Waals surface area contributed by atoms with Gasteiger partial charge < -0.3 is 10.6 Å². The monoisotopic (exact) mass is 393 g/mol. The summed E-state index contributed by atoms with van der Waals surface area (Å²) in [6, 6.07) is 19.3. The molecule has 1 aromatic heterocycles. The lowest BCUT2D eigenvalue weighted by atomic mass is 10.0. The molecule has 2 aromatic carbocycles. The van der Waals surface area contributed by atoms with Crippen LogP contribution in [-0.2, 0) is 9.59 Å². The van der Waals surface area contributed by atoms with Gasteiger partial charge in [0.2, 0.25) is 11.8 Å². The molecule has 1 heterocycles. The van der Waals surface area contributed by atoms with Gasteiger partial charge in [-0.1, -0.05) is 85.8 Å². The highest BCUT2D eigenvalue weighted by atomic mass is 32.1. The van der Waals surface area contributed by atoms with Crippen molar-refractivity contribution >= 4 is 28.3 Å². The van der Waals surface area contributed by atoms with Crippen LogP contribution in [0.3, 0.4) is 0 Å². The summed E-state index contributed by atoms with van der Waals surface area (Å²) in [4.78, 5) is 29.8. The van der Waals surface area contributed by atoms with E-state index < -0.39 is 6.04 Å². The predicted molar refractivity (Wildman–Crippen MR) is 114 cm³/mol. The Morgan fingerprint density at radius 2 is 1.50 bits per heavy atom. The highest BCUT2D eigenvalue weighted by Gasteiger charge is 2.25. The van der Waals surface area contributed by atoms with Crippen molar-refractivity contribution in [1.82, 2.24) is 10.3 Å². The molecule has 2 amide bonds. The Balaban J connectivity index is 1.95. The number of anilines is 1. The number of carbonyl (C=O) groups is 2. The number of hydrogen-bond donors (Lipinski definition) is 2. The first-order valence-corrected chi connectivity index (χ1v) is 9.97. The van der Waals surface area contributed by atoms with Crippen molar-refractivity contribution in [2.75, 3.05) is 5.32 Å². The van der Waals surface area contributed by atoms with E-state index in [0.29, 0.717) is 5.13 Å². The number of nitrogens with zero attached hydrogens (tertiary/aromatic N) is 1. The van der Waals surface area contributed by atoms with E-state index in [0.717, 1.165) is 21.7 Å². The summed E-state index contributed by atoms with van der Waals surface area (Å²) in [6.45, 7) is 5.20. The minimum Gasteiger partial charge on any atom is -0.344 e. The van der Waals surface area contributed by atoms with Gasteiger partial charge in [0.25, 0.3) is 0 Å². The topological polar surface area (TPSA) is 71.1 Å². The Kier molecular flexibility index (Phi) is 6.21. The summed E-state index contributed by atoms with van der Waals surface area (Å²) in [5, 5.41) is 6.11. The van der Waals surface area contributed by atoms with Gasteiger partial charge in [-0.2, -0.15) is 0 Å². The molecule has 0 aliphatic carbocycles. The molecule has 0 radical (unpaired) electrons. The Morgan fingerprint density at radius 3 is 2.04 bits per heavy atom. The minimum atomic E-state index is -0.609. The number of thiazole rings is 1. The first-order valence-electron chi connectivity index (χ1n) is 9.15. The molecule has 0 bridgehead atoms. The van der Waals surface area contributed by atoms with Gasteiger partial charge in [0.1, 0.15) is 6.04 Å². The highest BCUT2D eigenvalue weighted by molar-refractivity contribution is 7.19. The highest BCUT2D eigenvalue weighted by Crippen LogP contribution is 2.38. The minimum absolute atomic E-state index is 0.0361. The maximum atomic E-state index is 12.7. The molecule has 3 rings (SSSR count). The van der Waals surface area contributed by atoms with E-state index in [1.54, 1.807) is 0 Å². The summed E-state index contributed by atoms with van der Waals surface area (Å²) in [6.07, 6.45) is 0. The Labute approximate surface area is 168 Å². The van der Waals surface area contributed by atoms with Crippen LogP contribution in [-0.4, -0.2) is 22.8 Å². The molecule has 0 aliphatic rings. The summed E-state index contributed by atoms with van der Waals surface area (Å²) in [5.41, 5.74) is 2.86. The van der Waals surface area contributed by atoms with Crippen molar-refractivity contribution in [2.45, 2.75) is 26.8 Å². The molecule has 0 aliphatic heterocycles. The number of hydrogen-bond acceptors (Lipinski definition) is 4. The second-order valence-electron chi connectivity index (χ2n) is 6.84. The number of nitrogens with one attached hydrogen (secondary N) is 2. The average Bonchev–Trinajstić information content (AvgIpc) is 3.11. The molecular weight excluding hydrogens is 370 g/mol.